The summed E-state index contributed by atoms with van der Waals surface area (Å²) in [6.07, 6.45) is 0. The summed E-state index contributed by atoms with van der Waals surface area (Å²) in [5, 5.41) is 4.15. The predicted octanol–water partition coefficient (Wildman–Crippen LogP) is 1.85. The quantitative estimate of drug-likeness (QED) is 0.857. The minimum Gasteiger partial charge on any atom is -0.357 e. The van der Waals surface area contributed by atoms with E-state index in [1.54, 1.807) is 7.05 Å². The molecule has 0 atom stereocenters. The molecular weight excluding hydrogens is 286 g/mol. The number of nitrogens with one attached hydrogen (secondary N) is 1. The van der Waals surface area contributed by atoms with Crippen LogP contribution in [0.5, 0.6) is 0 Å². The zero-order valence-corrected chi connectivity index (χ0v) is 13.9. The van der Waals surface area contributed by atoms with Gasteiger partial charge in [0.1, 0.15) is 0 Å². The first-order chi connectivity index (χ1) is 9.90. The SMILES string of the molecule is CNc1nc(Sc2nc(C)c(C)c(C)n2)nc(N(C)C)n1. The lowest BCUT2D eigenvalue weighted by Gasteiger charge is -2.12. The van der Waals surface area contributed by atoms with E-state index in [-0.39, 0.29) is 0 Å². The molecule has 8 heteroatoms. The van der Waals surface area contributed by atoms with Crippen LogP contribution in [0, 0.1) is 20.8 Å². The second kappa shape index (κ2) is 6.21. The monoisotopic (exact) mass is 305 g/mol. The fourth-order valence-electron chi connectivity index (χ4n) is 1.57. The van der Waals surface area contributed by atoms with Crippen molar-refractivity contribution in [1.29, 1.82) is 0 Å². The third kappa shape index (κ3) is 3.57. The fraction of sp³-hybridized carbons (Fsp3) is 0.462. The summed E-state index contributed by atoms with van der Waals surface area (Å²) >= 11 is 1.33. The fourth-order valence-corrected chi connectivity index (χ4v) is 2.36. The van der Waals surface area contributed by atoms with Gasteiger partial charge in [0.2, 0.25) is 17.1 Å². The number of hydrogen-bond acceptors (Lipinski definition) is 8. The minimum atomic E-state index is 0.525. The van der Waals surface area contributed by atoms with E-state index >= 15 is 0 Å². The molecule has 0 unspecified atom stereocenters. The molecule has 21 heavy (non-hydrogen) atoms. The standard InChI is InChI=1S/C13H19N7S/c1-7-8(2)15-12(16-9(7)3)21-13-18-10(14-4)17-11(19-13)20(5)6/h1-6H3,(H,14,17,18,19). The third-order valence-corrected chi connectivity index (χ3v) is 3.75. The molecule has 2 heterocycles. The van der Waals surface area contributed by atoms with Gasteiger partial charge in [0.25, 0.3) is 0 Å². The Labute approximate surface area is 128 Å². The van der Waals surface area contributed by atoms with Crippen molar-refractivity contribution in [3.05, 3.63) is 17.0 Å². The van der Waals surface area contributed by atoms with Crippen molar-refractivity contribution < 1.29 is 0 Å². The number of anilines is 2. The highest BCUT2D eigenvalue weighted by Crippen LogP contribution is 2.24. The molecular formula is C13H19N7S. The number of aromatic nitrogens is 5. The van der Waals surface area contributed by atoms with Crippen LogP contribution in [0.4, 0.5) is 11.9 Å². The maximum Gasteiger partial charge on any atom is 0.230 e. The van der Waals surface area contributed by atoms with Crippen molar-refractivity contribution in [2.45, 2.75) is 31.1 Å². The number of hydrogen-bond donors (Lipinski definition) is 1. The molecule has 0 saturated carbocycles. The predicted molar refractivity (Wildman–Crippen MR) is 84.1 cm³/mol. The van der Waals surface area contributed by atoms with Crippen LogP contribution in [-0.2, 0) is 0 Å². The Hall–Kier alpha value is -1.96. The summed E-state index contributed by atoms with van der Waals surface area (Å²) < 4.78 is 0. The second-order valence-electron chi connectivity index (χ2n) is 4.79. The van der Waals surface area contributed by atoms with Gasteiger partial charge >= 0.3 is 0 Å². The normalized spacial score (nSPS) is 10.6. The van der Waals surface area contributed by atoms with Crippen LogP contribution in [0.2, 0.25) is 0 Å². The molecule has 0 fully saturated rings. The lowest BCUT2D eigenvalue weighted by molar-refractivity contribution is 0.848. The zero-order chi connectivity index (χ0) is 15.6. The van der Waals surface area contributed by atoms with Crippen LogP contribution in [0.3, 0.4) is 0 Å². The Morgan fingerprint density at radius 2 is 1.43 bits per heavy atom. The van der Waals surface area contributed by atoms with Gasteiger partial charge in [0, 0.05) is 32.5 Å². The van der Waals surface area contributed by atoms with Crippen molar-refractivity contribution in [3.63, 3.8) is 0 Å². The average molecular weight is 305 g/mol. The molecule has 0 aliphatic heterocycles. The van der Waals surface area contributed by atoms with Gasteiger partial charge in [-0.3, -0.25) is 0 Å². The van der Waals surface area contributed by atoms with Crippen molar-refractivity contribution in [3.8, 4) is 0 Å². The molecule has 0 amide bonds. The first-order valence-electron chi connectivity index (χ1n) is 6.51. The van der Waals surface area contributed by atoms with E-state index in [1.165, 1.54) is 11.8 Å². The minimum absolute atomic E-state index is 0.525. The first-order valence-corrected chi connectivity index (χ1v) is 7.33. The molecule has 2 rings (SSSR count). The Balaban J connectivity index is 2.37. The summed E-state index contributed by atoms with van der Waals surface area (Å²) in [5.41, 5.74) is 3.06. The largest absolute Gasteiger partial charge is 0.357 e. The van der Waals surface area contributed by atoms with Crippen LogP contribution in [-0.4, -0.2) is 46.1 Å². The van der Waals surface area contributed by atoms with Crippen LogP contribution >= 0.6 is 11.8 Å². The summed E-state index contributed by atoms with van der Waals surface area (Å²) in [6.45, 7) is 5.98. The zero-order valence-electron chi connectivity index (χ0n) is 13.1. The Kier molecular flexibility index (Phi) is 4.56. The Morgan fingerprint density at radius 1 is 0.857 bits per heavy atom. The summed E-state index contributed by atoms with van der Waals surface area (Å²) in [4.78, 5) is 23.8. The highest BCUT2D eigenvalue weighted by atomic mass is 32.2. The van der Waals surface area contributed by atoms with Gasteiger partial charge in [-0.15, -0.1) is 0 Å². The molecule has 0 spiro atoms. The van der Waals surface area contributed by atoms with E-state index in [9.17, 15) is 0 Å². The maximum atomic E-state index is 4.48. The van der Waals surface area contributed by atoms with Gasteiger partial charge in [0.05, 0.1) is 0 Å². The van der Waals surface area contributed by atoms with Gasteiger partial charge in [-0.25, -0.2) is 9.97 Å². The van der Waals surface area contributed by atoms with Gasteiger partial charge < -0.3 is 10.2 Å². The maximum absolute atomic E-state index is 4.48. The molecule has 0 radical (unpaired) electrons. The van der Waals surface area contributed by atoms with Crippen LogP contribution in [0.15, 0.2) is 10.3 Å². The van der Waals surface area contributed by atoms with Gasteiger partial charge in [0.15, 0.2) is 5.16 Å². The lowest BCUT2D eigenvalue weighted by Crippen LogP contribution is -2.15. The summed E-state index contributed by atoms with van der Waals surface area (Å²) in [5.74, 6) is 1.12. The molecule has 0 saturated heterocycles. The van der Waals surface area contributed by atoms with Crippen molar-refractivity contribution in [1.82, 2.24) is 24.9 Å². The molecule has 2 aromatic heterocycles. The molecule has 2 aromatic rings. The van der Waals surface area contributed by atoms with E-state index in [1.807, 2.05) is 39.8 Å². The number of aryl methyl sites for hydroxylation is 2. The molecule has 112 valence electrons. The average Bonchev–Trinajstić information content (AvgIpc) is 2.44. The highest BCUT2D eigenvalue weighted by molar-refractivity contribution is 7.99. The van der Waals surface area contributed by atoms with Gasteiger partial charge in [-0.1, -0.05) is 0 Å². The van der Waals surface area contributed by atoms with Crippen molar-refractivity contribution in [2.75, 3.05) is 31.4 Å². The smallest absolute Gasteiger partial charge is 0.230 e. The number of rotatable bonds is 4. The lowest BCUT2D eigenvalue weighted by atomic mass is 10.2. The first kappa shape index (κ1) is 15.4. The van der Waals surface area contributed by atoms with E-state index in [4.69, 9.17) is 0 Å². The van der Waals surface area contributed by atoms with Crippen LogP contribution in [0.1, 0.15) is 17.0 Å². The summed E-state index contributed by atoms with van der Waals surface area (Å²) in [6, 6.07) is 0. The van der Waals surface area contributed by atoms with Crippen LogP contribution in [0.25, 0.3) is 0 Å². The van der Waals surface area contributed by atoms with E-state index < -0.39 is 0 Å². The highest BCUT2D eigenvalue weighted by Gasteiger charge is 2.12. The van der Waals surface area contributed by atoms with Gasteiger partial charge in [-0.05, 0) is 38.1 Å². The molecule has 0 aromatic carbocycles. The molecule has 0 bridgehead atoms. The Bertz CT molecular complexity index is 634. The summed E-state index contributed by atoms with van der Waals surface area (Å²) in [7, 11) is 5.56. The van der Waals surface area contributed by atoms with Gasteiger partial charge in [-0.2, -0.15) is 15.0 Å². The molecule has 0 aliphatic carbocycles. The van der Waals surface area contributed by atoms with Crippen molar-refractivity contribution in [2.24, 2.45) is 0 Å². The van der Waals surface area contributed by atoms with Crippen LogP contribution < -0.4 is 10.2 Å². The van der Waals surface area contributed by atoms with E-state index in [2.05, 4.69) is 30.2 Å². The molecule has 0 aliphatic rings. The third-order valence-electron chi connectivity index (χ3n) is 3.02. The Morgan fingerprint density at radius 3 is 1.95 bits per heavy atom. The van der Waals surface area contributed by atoms with Crippen molar-refractivity contribution >= 4 is 23.7 Å². The van der Waals surface area contributed by atoms with E-state index in [0.29, 0.717) is 22.2 Å². The topological polar surface area (TPSA) is 79.7 Å². The van der Waals surface area contributed by atoms with E-state index in [0.717, 1.165) is 17.0 Å². The second-order valence-corrected chi connectivity index (χ2v) is 5.72. The number of nitrogens with zero attached hydrogens (tertiary/aromatic N) is 6. The molecule has 1 N–H and O–H groups in total. The molecule has 7 nitrogen and oxygen atoms in total.